The standard InChI is InChI=1S/C21H17N3O3/c1-13(20-22-12-16(24-20)14-7-3-2-4-8-14)23-21(26)19-11-17(25)15-9-5-6-10-18(15)27-19/h2-13H,1H3,(H,22,24)(H,23,26)/t13-/m0/s1. The molecule has 0 aliphatic carbocycles. The van der Waals surface area contributed by atoms with E-state index in [1.165, 1.54) is 6.07 Å². The quantitative estimate of drug-likeness (QED) is 0.582. The first kappa shape index (κ1) is 16.8. The molecule has 2 aromatic heterocycles. The first-order valence-corrected chi connectivity index (χ1v) is 8.56. The second kappa shape index (κ2) is 6.92. The molecule has 6 nitrogen and oxygen atoms in total. The summed E-state index contributed by atoms with van der Waals surface area (Å²) in [6, 6.07) is 17.5. The van der Waals surface area contributed by atoms with Gasteiger partial charge in [-0.25, -0.2) is 4.98 Å². The van der Waals surface area contributed by atoms with E-state index < -0.39 is 5.91 Å². The van der Waals surface area contributed by atoms with Crippen molar-refractivity contribution in [3.05, 3.63) is 88.7 Å². The Morgan fingerprint density at radius 2 is 1.85 bits per heavy atom. The van der Waals surface area contributed by atoms with E-state index in [4.69, 9.17) is 4.42 Å². The Kier molecular flexibility index (Phi) is 4.30. The number of fused-ring (bicyclic) bond motifs is 1. The van der Waals surface area contributed by atoms with E-state index in [9.17, 15) is 9.59 Å². The van der Waals surface area contributed by atoms with Crippen molar-refractivity contribution in [2.24, 2.45) is 0 Å². The zero-order valence-electron chi connectivity index (χ0n) is 14.6. The van der Waals surface area contributed by atoms with Crippen molar-refractivity contribution in [3.8, 4) is 11.3 Å². The van der Waals surface area contributed by atoms with E-state index in [-0.39, 0.29) is 17.2 Å². The summed E-state index contributed by atoms with van der Waals surface area (Å²) in [4.78, 5) is 32.2. The predicted molar refractivity (Wildman–Crippen MR) is 102 cm³/mol. The van der Waals surface area contributed by atoms with E-state index >= 15 is 0 Å². The molecule has 0 spiro atoms. The van der Waals surface area contributed by atoms with Gasteiger partial charge in [0.15, 0.2) is 11.2 Å². The van der Waals surface area contributed by atoms with Crippen molar-refractivity contribution >= 4 is 16.9 Å². The lowest BCUT2D eigenvalue weighted by molar-refractivity contribution is 0.0911. The van der Waals surface area contributed by atoms with E-state index in [1.807, 2.05) is 37.3 Å². The molecule has 0 bridgehead atoms. The number of hydrogen-bond donors (Lipinski definition) is 2. The molecular formula is C21H17N3O3. The molecule has 0 unspecified atom stereocenters. The topological polar surface area (TPSA) is 88.0 Å². The maximum atomic E-state index is 12.5. The molecule has 0 aliphatic rings. The van der Waals surface area contributed by atoms with Crippen LogP contribution in [-0.4, -0.2) is 15.9 Å². The number of carbonyl (C=O) groups excluding carboxylic acids is 1. The fourth-order valence-electron chi connectivity index (χ4n) is 2.87. The highest BCUT2D eigenvalue weighted by Gasteiger charge is 2.17. The molecule has 0 fully saturated rings. The lowest BCUT2D eigenvalue weighted by atomic mass is 10.2. The van der Waals surface area contributed by atoms with Gasteiger partial charge >= 0.3 is 0 Å². The SMILES string of the molecule is C[C@H](NC(=O)c1cc(=O)c2ccccc2o1)c1ncc(-c2ccccc2)[nH]1. The van der Waals surface area contributed by atoms with Gasteiger partial charge in [0.1, 0.15) is 11.4 Å². The third-order valence-electron chi connectivity index (χ3n) is 4.30. The van der Waals surface area contributed by atoms with Gasteiger partial charge in [-0.05, 0) is 24.6 Å². The first-order chi connectivity index (χ1) is 13.1. The van der Waals surface area contributed by atoms with Crippen molar-refractivity contribution in [3.63, 3.8) is 0 Å². The van der Waals surface area contributed by atoms with Gasteiger partial charge in [-0.3, -0.25) is 9.59 Å². The number of aromatic amines is 1. The molecule has 0 saturated heterocycles. The predicted octanol–water partition coefficient (Wildman–Crippen LogP) is 3.67. The Morgan fingerprint density at radius 1 is 1.11 bits per heavy atom. The molecule has 0 aliphatic heterocycles. The summed E-state index contributed by atoms with van der Waals surface area (Å²) in [7, 11) is 0. The van der Waals surface area contributed by atoms with Crippen LogP contribution in [0.1, 0.15) is 29.3 Å². The van der Waals surface area contributed by atoms with Crippen LogP contribution in [0.4, 0.5) is 0 Å². The molecule has 1 amide bonds. The molecule has 4 aromatic rings. The molecular weight excluding hydrogens is 342 g/mol. The number of imidazole rings is 1. The van der Waals surface area contributed by atoms with Gasteiger partial charge in [0.05, 0.1) is 23.3 Å². The largest absolute Gasteiger partial charge is 0.451 e. The third kappa shape index (κ3) is 3.37. The van der Waals surface area contributed by atoms with Crippen LogP contribution in [0.3, 0.4) is 0 Å². The van der Waals surface area contributed by atoms with Crippen molar-refractivity contribution in [1.82, 2.24) is 15.3 Å². The highest BCUT2D eigenvalue weighted by molar-refractivity contribution is 5.93. The third-order valence-corrected chi connectivity index (χ3v) is 4.30. The van der Waals surface area contributed by atoms with E-state index in [2.05, 4.69) is 15.3 Å². The Bertz CT molecular complexity index is 1160. The average Bonchev–Trinajstić information content (AvgIpc) is 3.19. The van der Waals surface area contributed by atoms with Gasteiger partial charge in [0.25, 0.3) is 5.91 Å². The summed E-state index contributed by atoms with van der Waals surface area (Å²) in [5.74, 6) is 0.119. The average molecular weight is 359 g/mol. The second-order valence-corrected chi connectivity index (χ2v) is 6.21. The summed E-state index contributed by atoms with van der Waals surface area (Å²) in [6.45, 7) is 1.81. The first-order valence-electron chi connectivity index (χ1n) is 8.56. The summed E-state index contributed by atoms with van der Waals surface area (Å²) in [6.07, 6.45) is 1.73. The lowest BCUT2D eigenvalue weighted by Crippen LogP contribution is -2.28. The number of amides is 1. The van der Waals surface area contributed by atoms with E-state index in [0.29, 0.717) is 16.8 Å². The normalized spacial score (nSPS) is 12.0. The number of hydrogen-bond acceptors (Lipinski definition) is 4. The Hall–Kier alpha value is -3.67. The van der Waals surface area contributed by atoms with Crippen LogP contribution >= 0.6 is 0 Å². The monoisotopic (exact) mass is 359 g/mol. The van der Waals surface area contributed by atoms with Crippen LogP contribution in [0, 0.1) is 0 Å². The van der Waals surface area contributed by atoms with Gasteiger partial charge in [0, 0.05) is 6.07 Å². The molecule has 0 radical (unpaired) electrons. The highest BCUT2D eigenvalue weighted by Crippen LogP contribution is 2.19. The van der Waals surface area contributed by atoms with Crippen molar-refractivity contribution < 1.29 is 9.21 Å². The minimum Gasteiger partial charge on any atom is -0.451 e. The number of benzene rings is 2. The number of carbonyl (C=O) groups is 1. The van der Waals surface area contributed by atoms with Gasteiger partial charge in [-0.15, -0.1) is 0 Å². The number of nitrogens with zero attached hydrogens (tertiary/aromatic N) is 1. The van der Waals surface area contributed by atoms with E-state index in [0.717, 1.165) is 11.3 Å². The van der Waals surface area contributed by atoms with Crippen LogP contribution in [-0.2, 0) is 0 Å². The fraction of sp³-hybridized carbons (Fsp3) is 0.0952. The molecule has 6 heteroatoms. The van der Waals surface area contributed by atoms with Crippen molar-refractivity contribution in [2.45, 2.75) is 13.0 Å². The minimum absolute atomic E-state index is 0.0274. The molecule has 2 aromatic carbocycles. The fourth-order valence-corrected chi connectivity index (χ4v) is 2.87. The molecule has 2 heterocycles. The molecule has 2 N–H and O–H groups in total. The lowest BCUT2D eigenvalue weighted by Gasteiger charge is -2.11. The molecule has 0 saturated carbocycles. The maximum absolute atomic E-state index is 12.5. The summed E-state index contributed by atoms with van der Waals surface area (Å²) in [5.41, 5.74) is 2.01. The Labute approximate surface area is 154 Å². The van der Waals surface area contributed by atoms with Crippen molar-refractivity contribution in [2.75, 3.05) is 0 Å². The summed E-state index contributed by atoms with van der Waals surface area (Å²) >= 11 is 0. The second-order valence-electron chi connectivity index (χ2n) is 6.21. The van der Waals surface area contributed by atoms with Gasteiger partial charge in [0.2, 0.25) is 0 Å². The Balaban J connectivity index is 1.55. The number of rotatable bonds is 4. The van der Waals surface area contributed by atoms with Gasteiger partial charge in [-0.1, -0.05) is 42.5 Å². The molecule has 27 heavy (non-hydrogen) atoms. The van der Waals surface area contributed by atoms with Crippen LogP contribution in [0.25, 0.3) is 22.2 Å². The highest BCUT2D eigenvalue weighted by atomic mass is 16.3. The van der Waals surface area contributed by atoms with Crippen LogP contribution in [0.5, 0.6) is 0 Å². The minimum atomic E-state index is -0.469. The van der Waals surface area contributed by atoms with Crippen molar-refractivity contribution in [1.29, 1.82) is 0 Å². The number of aromatic nitrogens is 2. The zero-order valence-corrected chi connectivity index (χ0v) is 14.6. The maximum Gasteiger partial charge on any atom is 0.287 e. The Morgan fingerprint density at radius 3 is 2.67 bits per heavy atom. The van der Waals surface area contributed by atoms with Crippen LogP contribution in [0.2, 0.25) is 0 Å². The van der Waals surface area contributed by atoms with Gasteiger partial charge in [-0.2, -0.15) is 0 Å². The molecule has 1 atom stereocenters. The number of H-pyrrole nitrogens is 1. The van der Waals surface area contributed by atoms with E-state index in [1.54, 1.807) is 30.5 Å². The molecule has 4 rings (SSSR count). The number of nitrogens with one attached hydrogen (secondary N) is 2. The smallest absolute Gasteiger partial charge is 0.287 e. The number of para-hydroxylation sites is 1. The summed E-state index contributed by atoms with van der Waals surface area (Å²) in [5, 5.41) is 3.25. The van der Waals surface area contributed by atoms with Crippen LogP contribution in [0.15, 0.2) is 76.1 Å². The molecule has 134 valence electrons. The zero-order chi connectivity index (χ0) is 18.8. The summed E-state index contributed by atoms with van der Waals surface area (Å²) < 4.78 is 5.57. The van der Waals surface area contributed by atoms with Crippen LogP contribution < -0.4 is 10.7 Å². The van der Waals surface area contributed by atoms with Gasteiger partial charge < -0.3 is 14.7 Å².